The fraction of sp³-hybridized carbons (Fsp3) is 0.417. The molecule has 0 atom stereocenters. The standard InChI is InChI=1S/C12H14F3NO/c13-12(14,15)10-5-3-9(4-6-10)8-11(17)2-1-7-16/h3-6H,1-2,7-8,16H2. The molecule has 94 valence electrons. The van der Waals surface area contributed by atoms with Crippen LogP contribution < -0.4 is 5.73 Å². The lowest BCUT2D eigenvalue weighted by Gasteiger charge is -2.07. The Morgan fingerprint density at radius 2 is 1.76 bits per heavy atom. The largest absolute Gasteiger partial charge is 0.416 e. The smallest absolute Gasteiger partial charge is 0.330 e. The van der Waals surface area contributed by atoms with Gasteiger partial charge in [-0.15, -0.1) is 0 Å². The van der Waals surface area contributed by atoms with Gasteiger partial charge >= 0.3 is 6.18 Å². The number of hydrogen-bond donors (Lipinski definition) is 1. The number of ketones is 1. The maximum absolute atomic E-state index is 12.3. The molecule has 5 heteroatoms. The summed E-state index contributed by atoms with van der Waals surface area (Å²) in [6.45, 7) is 0.443. The number of benzene rings is 1. The van der Waals surface area contributed by atoms with Gasteiger partial charge in [0.25, 0.3) is 0 Å². The van der Waals surface area contributed by atoms with Crippen molar-refractivity contribution in [2.45, 2.75) is 25.4 Å². The van der Waals surface area contributed by atoms with Crippen molar-refractivity contribution in [1.29, 1.82) is 0 Å². The first-order chi connectivity index (χ1) is 7.93. The quantitative estimate of drug-likeness (QED) is 0.866. The van der Waals surface area contributed by atoms with Crippen LogP contribution in [0.15, 0.2) is 24.3 Å². The Labute approximate surface area is 97.6 Å². The third-order valence-corrected chi connectivity index (χ3v) is 2.34. The monoisotopic (exact) mass is 245 g/mol. The third-order valence-electron chi connectivity index (χ3n) is 2.34. The number of hydrogen-bond acceptors (Lipinski definition) is 2. The Morgan fingerprint density at radius 1 is 1.18 bits per heavy atom. The molecule has 2 nitrogen and oxygen atoms in total. The van der Waals surface area contributed by atoms with Gasteiger partial charge in [-0.2, -0.15) is 13.2 Å². The van der Waals surface area contributed by atoms with Gasteiger partial charge in [-0.3, -0.25) is 4.79 Å². The average molecular weight is 245 g/mol. The molecule has 0 aliphatic rings. The molecule has 0 fully saturated rings. The lowest BCUT2D eigenvalue weighted by molar-refractivity contribution is -0.137. The molecule has 0 amide bonds. The zero-order valence-electron chi connectivity index (χ0n) is 9.26. The van der Waals surface area contributed by atoms with Gasteiger partial charge in [0.2, 0.25) is 0 Å². The summed E-state index contributed by atoms with van der Waals surface area (Å²) in [7, 11) is 0. The highest BCUT2D eigenvalue weighted by atomic mass is 19.4. The fourth-order valence-electron chi connectivity index (χ4n) is 1.43. The molecule has 0 radical (unpaired) electrons. The predicted octanol–water partition coefficient (Wildman–Crippen LogP) is 2.56. The molecule has 0 aliphatic carbocycles. The van der Waals surface area contributed by atoms with Crippen LogP contribution in [0.5, 0.6) is 0 Å². The molecule has 0 saturated carbocycles. The molecule has 0 heterocycles. The van der Waals surface area contributed by atoms with Gasteiger partial charge in [-0.25, -0.2) is 0 Å². The van der Waals surface area contributed by atoms with E-state index in [9.17, 15) is 18.0 Å². The van der Waals surface area contributed by atoms with E-state index in [1.807, 2.05) is 0 Å². The van der Waals surface area contributed by atoms with Crippen molar-refractivity contribution < 1.29 is 18.0 Å². The van der Waals surface area contributed by atoms with Crippen LogP contribution in [0.1, 0.15) is 24.0 Å². The van der Waals surface area contributed by atoms with Crippen molar-refractivity contribution in [2.24, 2.45) is 5.73 Å². The van der Waals surface area contributed by atoms with Crippen molar-refractivity contribution in [2.75, 3.05) is 6.54 Å². The van der Waals surface area contributed by atoms with E-state index < -0.39 is 11.7 Å². The van der Waals surface area contributed by atoms with E-state index in [2.05, 4.69) is 0 Å². The summed E-state index contributed by atoms with van der Waals surface area (Å²) in [6.07, 6.45) is -3.18. The zero-order valence-corrected chi connectivity index (χ0v) is 9.26. The molecule has 1 rings (SSSR count). The molecule has 0 aromatic heterocycles. The molecular weight excluding hydrogens is 231 g/mol. The Morgan fingerprint density at radius 3 is 2.24 bits per heavy atom. The Balaban J connectivity index is 2.60. The van der Waals surface area contributed by atoms with Gasteiger partial charge in [0.05, 0.1) is 5.56 Å². The van der Waals surface area contributed by atoms with E-state index in [1.165, 1.54) is 12.1 Å². The number of Topliss-reactive ketones (excluding diaryl/α,β-unsaturated/α-hetero) is 1. The Hall–Kier alpha value is -1.36. The summed E-state index contributed by atoms with van der Waals surface area (Å²) in [5.41, 5.74) is 5.16. The normalized spacial score (nSPS) is 11.5. The number of alkyl halides is 3. The molecular formula is C12H14F3NO. The van der Waals surface area contributed by atoms with Crippen molar-refractivity contribution in [3.63, 3.8) is 0 Å². The minimum absolute atomic E-state index is 0.00444. The number of carbonyl (C=O) groups is 1. The molecule has 0 saturated heterocycles. The van der Waals surface area contributed by atoms with Gasteiger partial charge in [0.1, 0.15) is 5.78 Å². The van der Waals surface area contributed by atoms with Crippen LogP contribution in [0.3, 0.4) is 0 Å². The Kier molecular flexibility index (Phi) is 4.69. The highest BCUT2D eigenvalue weighted by molar-refractivity contribution is 5.80. The zero-order chi connectivity index (χ0) is 12.9. The summed E-state index contributed by atoms with van der Waals surface area (Å²) in [6, 6.07) is 4.66. The third kappa shape index (κ3) is 4.56. The van der Waals surface area contributed by atoms with E-state index in [0.717, 1.165) is 12.1 Å². The molecule has 0 unspecified atom stereocenters. The first-order valence-corrected chi connectivity index (χ1v) is 5.31. The highest BCUT2D eigenvalue weighted by Gasteiger charge is 2.29. The lowest BCUT2D eigenvalue weighted by atomic mass is 10.0. The molecule has 2 N–H and O–H groups in total. The maximum atomic E-state index is 12.3. The van der Waals surface area contributed by atoms with Crippen molar-refractivity contribution in [3.8, 4) is 0 Å². The maximum Gasteiger partial charge on any atom is 0.416 e. The van der Waals surface area contributed by atoms with Gasteiger partial charge in [-0.1, -0.05) is 12.1 Å². The topological polar surface area (TPSA) is 43.1 Å². The van der Waals surface area contributed by atoms with Crippen LogP contribution in [-0.4, -0.2) is 12.3 Å². The van der Waals surface area contributed by atoms with Crippen LogP contribution >= 0.6 is 0 Å². The minimum atomic E-state index is -4.33. The van der Waals surface area contributed by atoms with Gasteiger partial charge in [-0.05, 0) is 30.7 Å². The summed E-state index contributed by atoms with van der Waals surface area (Å²) in [4.78, 5) is 11.4. The molecule has 1 aromatic carbocycles. The van der Waals surface area contributed by atoms with E-state index in [4.69, 9.17) is 5.73 Å². The molecule has 0 aliphatic heterocycles. The minimum Gasteiger partial charge on any atom is -0.330 e. The number of rotatable bonds is 5. The van der Waals surface area contributed by atoms with Gasteiger partial charge < -0.3 is 5.73 Å². The van der Waals surface area contributed by atoms with Crippen molar-refractivity contribution >= 4 is 5.78 Å². The van der Waals surface area contributed by atoms with E-state index >= 15 is 0 Å². The van der Waals surface area contributed by atoms with Crippen LogP contribution in [0.4, 0.5) is 13.2 Å². The fourth-order valence-corrected chi connectivity index (χ4v) is 1.43. The predicted molar refractivity (Wildman–Crippen MR) is 58.4 cm³/mol. The van der Waals surface area contributed by atoms with Crippen LogP contribution in [-0.2, 0) is 17.4 Å². The second kappa shape index (κ2) is 5.82. The summed E-state index contributed by atoms with van der Waals surface area (Å²) in [5, 5.41) is 0. The van der Waals surface area contributed by atoms with Crippen LogP contribution in [0, 0.1) is 0 Å². The van der Waals surface area contributed by atoms with E-state index in [-0.39, 0.29) is 12.2 Å². The summed E-state index contributed by atoms with van der Waals surface area (Å²) < 4.78 is 36.8. The van der Waals surface area contributed by atoms with Crippen LogP contribution in [0.2, 0.25) is 0 Å². The average Bonchev–Trinajstić information content (AvgIpc) is 2.26. The molecule has 1 aromatic rings. The molecule has 17 heavy (non-hydrogen) atoms. The Bertz CT molecular complexity index is 370. The molecule has 0 spiro atoms. The van der Waals surface area contributed by atoms with E-state index in [0.29, 0.717) is 24.9 Å². The first kappa shape index (κ1) is 13.7. The summed E-state index contributed by atoms with van der Waals surface area (Å²) >= 11 is 0. The molecule has 0 bridgehead atoms. The SMILES string of the molecule is NCCCC(=O)Cc1ccc(C(F)(F)F)cc1. The first-order valence-electron chi connectivity index (χ1n) is 5.31. The summed E-state index contributed by atoms with van der Waals surface area (Å²) in [5.74, 6) is -0.00444. The van der Waals surface area contributed by atoms with Gasteiger partial charge in [0, 0.05) is 12.8 Å². The second-order valence-electron chi connectivity index (χ2n) is 3.80. The van der Waals surface area contributed by atoms with Gasteiger partial charge in [0.15, 0.2) is 0 Å². The van der Waals surface area contributed by atoms with Crippen molar-refractivity contribution in [1.82, 2.24) is 0 Å². The number of carbonyl (C=O) groups excluding carboxylic acids is 1. The lowest BCUT2D eigenvalue weighted by Crippen LogP contribution is -2.08. The van der Waals surface area contributed by atoms with Crippen molar-refractivity contribution in [3.05, 3.63) is 35.4 Å². The second-order valence-corrected chi connectivity index (χ2v) is 3.80. The highest BCUT2D eigenvalue weighted by Crippen LogP contribution is 2.29. The van der Waals surface area contributed by atoms with Crippen LogP contribution in [0.25, 0.3) is 0 Å². The number of halogens is 3. The number of nitrogens with two attached hydrogens (primary N) is 1. The van der Waals surface area contributed by atoms with E-state index in [1.54, 1.807) is 0 Å².